The minimum atomic E-state index is -0.124. The molecule has 1 aliphatic heterocycles. The summed E-state index contributed by atoms with van der Waals surface area (Å²) in [5, 5.41) is 7.54. The van der Waals surface area contributed by atoms with Gasteiger partial charge in [0, 0.05) is 31.2 Å². The predicted molar refractivity (Wildman–Crippen MR) is 126 cm³/mol. The number of nitrogens with one attached hydrogen (secondary N) is 1. The average molecular weight is 444 g/mol. The van der Waals surface area contributed by atoms with Gasteiger partial charge < -0.3 is 16.0 Å². The SMILES string of the molecule is Cc1nc(N2CC3C(C)C3C2)ccc1Cn1cc(C(=O)NC2CCc3c2ccnc3N)cn1. The predicted octanol–water partition coefficient (Wildman–Crippen LogP) is 2.73. The summed E-state index contributed by atoms with van der Waals surface area (Å²) in [5.41, 5.74) is 10.8. The number of fused-ring (bicyclic) bond motifs is 2. The lowest BCUT2D eigenvalue weighted by atomic mass is 10.1. The van der Waals surface area contributed by atoms with Crippen molar-refractivity contribution in [1.82, 2.24) is 25.1 Å². The summed E-state index contributed by atoms with van der Waals surface area (Å²) < 4.78 is 1.80. The Morgan fingerprint density at radius 3 is 2.85 bits per heavy atom. The molecule has 1 amide bonds. The fraction of sp³-hybridized carbons (Fsp3) is 0.440. The third-order valence-corrected chi connectivity index (χ3v) is 7.84. The number of aromatic nitrogens is 4. The number of nitrogens with zero attached hydrogens (tertiary/aromatic N) is 5. The second-order valence-electron chi connectivity index (χ2n) is 9.76. The molecule has 2 aliphatic carbocycles. The van der Waals surface area contributed by atoms with Crippen LogP contribution in [0.2, 0.25) is 0 Å². The molecular formula is C25H29N7O. The van der Waals surface area contributed by atoms with Crippen molar-refractivity contribution in [2.45, 2.75) is 39.3 Å². The molecule has 0 bridgehead atoms. The number of amides is 1. The summed E-state index contributed by atoms with van der Waals surface area (Å²) in [7, 11) is 0. The van der Waals surface area contributed by atoms with Crippen molar-refractivity contribution in [1.29, 1.82) is 0 Å². The van der Waals surface area contributed by atoms with E-state index in [0.29, 0.717) is 17.9 Å². The second kappa shape index (κ2) is 7.57. The number of aryl methyl sites for hydroxylation is 1. The molecule has 3 aliphatic rings. The molecule has 0 radical (unpaired) electrons. The third-order valence-electron chi connectivity index (χ3n) is 7.84. The minimum Gasteiger partial charge on any atom is -0.383 e. The van der Waals surface area contributed by atoms with Crippen molar-refractivity contribution in [3.63, 3.8) is 0 Å². The van der Waals surface area contributed by atoms with Crippen LogP contribution in [0, 0.1) is 24.7 Å². The van der Waals surface area contributed by atoms with E-state index in [0.717, 1.165) is 71.9 Å². The maximum Gasteiger partial charge on any atom is 0.254 e. The van der Waals surface area contributed by atoms with Crippen LogP contribution in [0.25, 0.3) is 0 Å². The molecule has 8 heteroatoms. The Morgan fingerprint density at radius 2 is 2.06 bits per heavy atom. The zero-order valence-electron chi connectivity index (χ0n) is 19.0. The highest BCUT2D eigenvalue weighted by Crippen LogP contribution is 2.51. The molecule has 8 nitrogen and oxygen atoms in total. The highest BCUT2D eigenvalue weighted by atomic mass is 16.1. The molecule has 1 saturated carbocycles. The molecule has 3 atom stereocenters. The van der Waals surface area contributed by atoms with Gasteiger partial charge in [0.1, 0.15) is 11.6 Å². The fourth-order valence-corrected chi connectivity index (χ4v) is 5.63. The Hall–Kier alpha value is -3.42. The van der Waals surface area contributed by atoms with Gasteiger partial charge in [0.15, 0.2) is 0 Å². The van der Waals surface area contributed by atoms with E-state index in [1.165, 1.54) is 0 Å². The van der Waals surface area contributed by atoms with Crippen LogP contribution >= 0.6 is 0 Å². The topological polar surface area (TPSA) is 102 Å². The van der Waals surface area contributed by atoms with Gasteiger partial charge in [0.25, 0.3) is 5.91 Å². The van der Waals surface area contributed by atoms with Crippen molar-refractivity contribution < 1.29 is 4.79 Å². The van der Waals surface area contributed by atoms with E-state index >= 15 is 0 Å². The summed E-state index contributed by atoms with van der Waals surface area (Å²) in [6.45, 7) is 7.25. The van der Waals surface area contributed by atoms with Crippen molar-refractivity contribution >= 4 is 17.5 Å². The number of hydrogen-bond donors (Lipinski definition) is 2. The number of rotatable bonds is 5. The smallest absolute Gasteiger partial charge is 0.254 e. The molecule has 170 valence electrons. The zero-order chi connectivity index (χ0) is 22.7. The maximum atomic E-state index is 12.8. The van der Waals surface area contributed by atoms with Crippen molar-refractivity contribution in [2.75, 3.05) is 23.7 Å². The molecule has 1 saturated heterocycles. The summed E-state index contributed by atoms with van der Waals surface area (Å²) >= 11 is 0. The van der Waals surface area contributed by atoms with Crippen LogP contribution in [0.4, 0.5) is 11.6 Å². The van der Waals surface area contributed by atoms with Crippen molar-refractivity contribution in [2.24, 2.45) is 17.8 Å². The molecule has 4 heterocycles. The molecule has 3 N–H and O–H groups in total. The molecule has 3 aromatic rings. The Labute approximate surface area is 193 Å². The molecule has 0 aromatic carbocycles. The Bertz CT molecular complexity index is 1220. The van der Waals surface area contributed by atoms with Crippen LogP contribution in [0.5, 0.6) is 0 Å². The first-order valence-corrected chi connectivity index (χ1v) is 11.8. The highest BCUT2D eigenvalue weighted by molar-refractivity contribution is 5.94. The van der Waals surface area contributed by atoms with Crippen LogP contribution in [0.1, 0.15) is 52.1 Å². The van der Waals surface area contributed by atoms with E-state index < -0.39 is 0 Å². The first kappa shape index (κ1) is 20.2. The first-order valence-electron chi connectivity index (χ1n) is 11.8. The van der Waals surface area contributed by atoms with Gasteiger partial charge in [-0.3, -0.25) is 9.48 Å². The fourth-order valence-electron chi connectivity index (χ4n) is 5.63. The number of anilines is 2. The zero-order valence-corrected chi connectivity index (χ0v) is 19.0. The molecule has 6 rings (SSSR count). The third kappa shape index (κ3) is 3.53. The minimum absolute atomic E-state index is 0.0419. The lowest BCUT2D eigenvalue weighted by Gasteiger charge is -2.21. The molecule has 0 spiro atoms. The normalized spacial score (nSPS) is 25.1. The monoisotopic (exact) mass is 443 g/mol. The Kier molecular flexibility index (Phi) is 4.64. The molecule has 2 fully saturated rings. The van der Waals surface area contributed by atoms with Crippen LogP contribution in [0.15, 0.2) is 36.8 Å². The standard InChI is InChI=1S/C25H29N7O/c1-14-20-12-31(13-21(14)20)23-6-3-16(15(2)29-23)10-32-11-17(9-28-32)25(33)30-22-5-4-19-18(22)7-8-27-24(19)26/h3,6-9,11,14,20-22H,4-5,10,12-13H2,1-2H3,(H2,26,27)(H,30,33). The average Bonchev–Trinajstić information content (AvgIpc) is 3.31. The lowest BCUT2D eigenvalue weighted by Crippen LogP contribution is -2.26. The number of nitrogen functional groups attached to an aromatic ring is 1. The van der Waals surface area contributed by atoms with Crippen LogP contribution in [0.3, 0.4) is 0 Å². The van der Waals surface area contributed by atoms with Crippen molar-refractivity contribution in [3.05, 3.63) is 64.7 Å². The van der Waals surface area contributed by atoms with Gasteiger partial charge in [-0.25, -0.2) is 9.97 Å². The summed E-state index contributed by atoms with van der Waals surface area (Å²) in [6.07, 6.45) is 6.79. The van der Waals surface area contributed by atoms with Crippen LogP contribution < -0.4 is 16.0 Å². The van der Waals surface area contributed by atoms with Crippen molar-refractivity contribution in [3.8, 4) is 0 Å². The van der Waals surface area contributed by atoms with Gasteiger partial charge >= 0.3 is 0 Å². The van der Waals surface area contributed by atoms with Gasteiger partial charge in [-0.05, 0) is 66.3 Å². The van der Waals surface area contributed by atoms with E-state index in [2.05, 4.69) is 39.4 Å². The molecular weight excluding hydrogens is 414 g/mol. The molecule has 3 aromatic heterocycles. The van der Waals surface area contributed by atoms with Gasteiger partial charge in [-0.15, -0.1) is 0 Å². The summed E-state index contributed by atoms with van der Waals surface area (Å²) in [6, 6.07) is 6.16. The van der Waals surface area contributed by atoms with E-state index in [1.807, 2.05) is 13.0 Å². The van der Waals surface area contributed by atoms with Crippen LogP contribution in [-0.4, -0.2) is 38.7 Å². The van der Waals surface area contributed by atoms with E-state index in [4.69, 9.17) is 10.7 Å². The molecule has 3 unspecified atom stereocenters. The second-order valence-corrected chi connectivity index (χ2v) is 9.76. The largest absolute Gasteiger partial charge is 0.383 e. The number of piperidine rings is 1. The van der Waals surface area contributed by atoms with Gasteiger partial charge in [0.05, 0.1) is 24.3 Å². The highest BCUT2D eigenvalue weighted by Gasteiger charge is 2.52. The number of nitrogens with two attached hydrogens (primary N) is 1. The lowest BCUT2D eigenvalue weighted by molar-refractivity contribution is 0.0936. The Morgan fingerprint density at radius 1 is 1.24 bits per heavy atom. The number of carbonyl (C=O) groups excluding carboxylic acids is 1. The summed E-state index contributed by atoms with van der Waals surface area (Å²) in [5.74, 6) is 4.10. The number of hydrogen-bond acceptors (Lipinski definition) is 6. The number of pyridine rings is 2. The van der Waals surface area contributed by atoms with Crippen LogP contribution in [-0.2, 0) is 13.0 Å². The van der Waals surface area contributed by atoms with Gasteiger partial charge in [-0.2, -0.15) is 5.10 Å². The summed E-state index contributed by atoms with van der Waals surface area (Å²) in [4.78, 5) is 24.3. The Balaban J connectivity index is 1.11. The maximum absolute atomic E-state index is 12.8. The number of carbonyl (C=O) groups is 1. The van der Waals surface area contributed by atoms with Gasteiger partial charge in [0.2, 0.25) is 0 Å². The first-order chi connectivity index (χ1) is 16.0. The van der Waals surface area contributed by atoms with E-state index in [9.17, 15) is 4.79 Å². The van der Waals surface area contributed by atoms with E-state index in [1.54, 1.807) is 23.3 Å². The van der Waals surface area contributed by atoms with E-state index in [-0.39, 0.29) is 11.9 Å². The quantitative estimate of drug-likeness (QED) is 0.629. The van der Waals surface area contributed by atoms with Gasteiger partial charge in [-0.1, -0.05) is 13.0 Å². The molecule has 33 heavy (non-hydrogen) atoms.